The normalized spacial score (nSPS) is 21.4. The van der Waals surface area contributed by atoms with Gasteiger partial charge in [-0.05, 0) is 50.8 Å². The molecule has 3 aliphatic rings. The zero-order chi connectivity index (χ0) is 24.1. The molecular formula is C24H28ClN5O3S. The second-order valence-corrected chi connectivity index (χ2v) is 12.4. The lowest BCUT2D eigenvalue weighted by Gasteiger charge is -2.38. The van der Waals surface area contributed by atoms with Crippen molar-refractivity contribution in [2.45, 2.75) is 37.9 Å². The Morgan fingerprint density at radius 3 is 2.44 bits per heavy atom. The number of carbonyl (C=O) groups excluding carboxylic acids is 1. The van der Waals surface area contributed by atoms with Crippen LogP contribution in [-0.2, 0) is 10.0 Å². The number of hydrogen-bond acceptors (Lipinski definition) is 6. The molecule has 0 spiro atoms. The number of benzene rings is 1. The first-order chi connectivity index (χ1) is 16.2. The Labute approximate surface area is 205 Å². The van der Waals surface area contributed by atoms with Crippen molar-refractivity contribution in [1.29, 1.82) is 5.26 Å². The number of nitriles is 1. The second-order valence-electron chi connectivity index (χ2n) is 9.78. The van der Waals surface area contributed by atoms with Crippen LogP contribution in [0.3, 0.4) is 0 Å². The minimum absolute atomic E-state index is 0.151. The molecule has 180 valence electrons. The molecule has 0 radical (unpaired) electrons. The van der Waals surface area contributed by atoms with Gasteiger partial charge in [-0.15, -0.1) is 0 Å². The molecule has 1 saturated carbocycles. The van der Waals surface area contributed by atoms with Crippen LogP contribution in [0.5, 0.6) is 0 Å². The van der Waals surface area contributed by atoms with E-state index in [0.717, 1.165) is 29.4 Å². The Morgan fingerprint density at radius 1 is 1.15 bits per heavy atom. The van der Waals surface area contributed by atoms with E-state index in [0.29, 0.717) is 62.7 Å². The van der Waals surface area contributed by atoms with E-state index in [1.54, 1.807) is 17.2 Å². The van der Waals surface area contributed by atoms with Crippen LogP contribution in [0.25, 0.3) is 10.9 Å². The molecule has 2 saturated heterocycles. The highest BCUT2D eigenvalue weighted by Gasteiger charge is 2.41. The molecule has 2 aliphatic heterocycles. The molecule has 5 rings (SSSR count). The molecule has 1 aliphatic carbocycles. The standard InChI is InChI=1S/C24H28ClN5O3S/c1-24(16-26)6-8-28(9-7-24)22-19-14-17(25)2-5-21(19)27-15-20(22)23(31)29-10-12-30(13-11-29)34(32,33)18-3-4-18/h2,5,14-15,18H,3-4,6-13H2,1H3. The van der Waals surface area contributed by atoms with Crippen LogP contribution in [0.1, 0.15) is 43.0 Å². The second kappa shape index (κ2) is 8.67. The summed E-state index contributed by atoms with van der Waals surface area (Å²) in [6, 6.07) is 7.90. The summed E-state index contributed by atoms with van der Waals surface area (Å²) < 4.78 is 26.7. The van der Waals surface area contributed by atoms with Crippen molar-refractivity contribution in [1.82, 2.24) is 14.2 Å². The Bertz CT molecular complexity index is 1270. The van der Waals surface area contributed by atoms with E-state index in [1.165, 1.54) is 4.31 Å². The van der Waals surface area contributed by atoms with Gasteiger partial charge in [0.15, 0.2) is 0 Å². The van der Waals surface area contributed by atoms with E-state index in [9.17, 15) is 18.5 Å². The largest absolute Gasteiger partial charge is 0.370 e. The molecule has 1 aromatic heterocycles. The van der Waals surface area contributed by atoms with Crippen molar-refractivity contribution in [3.63, 3.8) is 0 Å². The topological polar surface area (TPSA) is 97.6 Å². The van der Waals surface area contributed by atoms with Crippen molar-refractivity contribution in [2.24, 2.45) is 5.41 Å². The third-order valence-electron chi connectivity index (χ3n) is 7.32. The number of aromatic nitrogens is 1. The number of anilines is 1. The van der Waals surface area contributed by atoms with Gasteiger partial charge in [0.05, 0.1) is 33.5 Å². The van der Waals surface area contributed by atoms with E-state index in [1.807, 2.05) is 19.1 Å². The van der Waals surface area contributed by atoms with Crippen LogP contribution in [0.2, 0.25) is 5.02 Å². The number of amides is 1. The molecule has 8 nitrogen and oxygen atoms in total. The number of piperidine rings is 1. The summed E-state index contributed by atoms with van der Waals surface area (Å²) in [5, 5.41) is 10.7. The number of pyridine rings is 1. The fraction of sp³-hybridized carbons (Fsp3) is 0.542. The summed E-state index contributed by atoms with van der Waals surface area (Å²) in [4.78, 5) is 22.1. The van der Waals surface area contributed by atoms with Gasteiger partial charge >= 0.3 is 0 Å². The first kappa shape index (κ1) is 23.3. The summed E-state index contributed by atoms with van der Waals surface area (Å²) in [6.07, 6.45) is 4.51. The van der Waals surface area contributed by atoms with Gasteiger partial charge < -0.3 is 9.80 Å². The van der Waals surface area contributed by atoms with E-state index >= 15 is 0 Å². The molecule has 10 heteroatoms. The van der Waals surface area contributed by atoms with Gasteiger partial charge in [-0.3, -0.25) is 9.78 Å². The van der Waals surface area contributed by atoms with E-state index in [2.05, 4.69) is 16.0 Å². The number of carbonyl (C=O) groups is 1. The number of piperazine rings is 1. The predicted molar refractivity (Wildman–Crippen MR) is 131 cm³/mol. The van der Waals surface area contributed by atoms with Crippen molar-refractivity contribution in [2.75, 3.05) is 44.2 Å². The summed E-state index contributed by atoms with van der Waals surface area (Å²) >= 11 is 6.32. The number of nitrogens with zero attached hydrogens (tertiary/aromatic N) is 5. The van der Waals surface area contributed by atoms with Gasteiger partial charge in [0.1, 0.15) is 0 Å². The van der Waals surface area contributed by atoms with Crippen LogP contribution < -0.4 is 4.90 Å². The molecule has 1 amide bonds. The summed E-state index contributed by atoms with van der Waals surface area (Å²) in [7, 11) is -3.24. The van der Waals surface area contributed by atoms with Crippen LogP contribution in [0.4, 0.5) is 5.69 Å². The highest BCUT2D eigenvalue weighted by atomic mass is 35.5. The molecule has 34 heavy (non-hydrogen) atoms. The maximum atomic E-state index is 13.7. The molecule has 1 aromatic carbocycles. The average Bonchev–Trinajstić information content (AvgIpc) is 3.70. The highest BCUT2D eigenvalue weighted by molar-refractivity contribution is 7.90. The van der Waals surface area contributed by atoms with Crippen LogP contribution in [0.15, 0.2) is 24.4 Å². The number of halogens is 1. The van der Waals surface area contributed by atoms with Crippen molar-refractivity contribution in [3.05, 3.63) is 35.0 Å². The zero-order valence-corrected chi connectivity index (χ0v) is 20.8. The fourth-order valence-electron chi connectivity index (χ4n) is 4.88. The maximum absolute atomic E-state index is 13.7. The number of rotatable bonds is 4. The maximum Gasteiger partial charge on any atom is 0.257 e. The Balaban J connectivity index is 1.44. The third-order valence-corrected chi connectivity index (χ3v) is 9.95. The SMILES string of the molecule is CC1(C#N)CCN(c2c(C(=O)N3CCN(S(=O)(=O)C4CC4)CC3)cnc3ccc(Cl)cc23)CC1. The van der Waals surface area contributed by atoms with Crippen molar-refractivity contribution < 1.29 is 13.2 Å². The van der Waals surface area contributed by atoms with Gasteiger partial charge in [-0.25, -0.2) is 8.42 Å². The minimum atomic E-state index is -3.24. The van der Waals surface area contributed by atoms with E-state index < -0.39 is 10.0 Å². The molecule has 0 N–H and O–H groups in total. The monoisotopic (exact) mass is 501 g/mol. The fourth-order valence-corrected chi connectivity index (χ4v) is 6.87. The van der Waals surface area contributed by atoms with Gasteiger partial charge in [0.25, 0.3) is 5.91 Å². The summed E-state index contributed by atoms with van der Waals surface area (Å²) in [6.45, 7) is 4.63. The molecule has 3 heterocycles. The van der Waals surface area contributed by atoms with Gasteiger partial charge in [-0.1, -0.05) is 11.6 Å². The molecular weight excluding hydrogens is 474 g/mol. The summed E-state index contributed by atoms with van der Waals surface area (Å²) in [5.41, 5.74) is 1.68. The molecule has 0 atom stereocenters. The van der Waals surface area contributed by atoms with E-state index in [4.69, 9.17) is 11.6 Å². The average molecular weight is 502 g/mol. The Morgan fingerprint density at radius 2 is 1.82 bits per heavy atom. The lowest BCUT2D eigenvalue weighted by atomic mass is 9.81. The van der Waals surface area contributed by atoms with E-state index in [-0.39, 0.29) is 16.6 Å². The van der Waals surface area contributed by atoms with Crippen LogP contribution >= 0.6 is 11.6 Å². The minimum Gasteiger partial charge on any atom is -0.370 e. The number of sulfonamides is 1. The lowest BCUT2D eigenvalue weighted by molar-refractivity contribution is 0.0698. The number of hydrogen-bond donors (Lipinski definition) is 0. The zero-order valence-electron chi connectivity index (χ0n) is 19.2. The quantitative estimate of drug-likeness (QED) is 0.637. The van der Waals surface area contributed by atoms with Crippen LogP contribution in [-0.4, -0.2) is 73.0 Å². The molecule has 2 aromatic rings. The Hall–Kier alpha value is -2.41. The van der Waals surface area contributed by atoms with Crippen molar-refractivity contribution in [3.8, 4) is 6.07 Å². The lowest BCUT2D eigenvalue weighted by Crippen LogP contribution is -2.51. The van der Waals surface area contributed by atoms with Crippen LogP contribution in [0, 0.1) is 16.7 Å². The van der Waals surface area contributed by atoms with Gasteiger partial charge in [-0.2, -0.15) is 9.57 Å². The summed E-state index contributed by atoms with van der Waals surface area (Å²) in [5.74, 6) is -0.151. The predicted octanol–water partition coefficient (Wildman–Crippen LogP) is 3.27. The smallest absolute Gasteiger partial charge is 0.257 e. The van der Waals surface area contributed by atoms with Gasteiger partial charge in [0, 0.05) is 55.9 Å². The number of fused-ring (bicyclic) bond motifs is 1. The third kappa shape index (κ3) is 4.23. The molecule has 0 unspecified atom stereocenters. The van der Waals surface area contributed by atoms with Crippen molar-refractivity contribution >= 4 is 44.1 Å². The van der Waals surface area contributed by atoms with Gasteiger partial charge in [0.2, 0.25) is 10.0 Å². The highest BCUT2D eigenvalue weighted by Crippen LogP contribution is 2.38. The molecule has 0 bridgehead atoms. The first-order valence-electron chi connectivity index (χ1n) is 11.7. The first-order valence-corrected chi connectivity index (χ1v) is 13.6. The Kier molecular flexibility index (Phi) is 5.95. The molecule has 3 fully saturated rings.